The van der Waals surface area contributed by atoms with Crippen LogP contribution < -0.4 is 10.6 Å². The molecule has 0 radical (unpaired) electrons. The summed E-state index contributed by atoms with van der Waals surface area (Å²) in [5.74, 6) is 0.726. The van der Waals surface area contributed by atoms with Crippen molar-refractivity contribution in [1.82, 2.24) is 25.4 Å². The number of rotatable bonds is 2. The van der Waals surface area contributed by atoms with Crippen LogP contribution in [0.4, 0.5) is 4.79 Å². The lowest BCUT2D eigenvalue weighted by Gasteiger charge is -2.22. The largest absolute Gasteiger partial charge is 0.334 e. The Balaban J connectivity index is 2.56. The van der Waals surface area contributed by atoms with E-state index in [-0.39, 0.29) is 17.6 Å². The molecule has 0 spiro atoms. The highest BCUT2D eigenvalue weighted by Crippen LogP contribution is 2.07. The molecule has 0 aromatic carbocycles. The summed E-state index contributed by atoms with van der Waals surface area (Å²) in [7, 11) is 1.84. The Kier molecular flexibility index (Phi) is 3.51. The van der Waals surface area contributed by atoms with Gasteiger partial charge in [-0.15, -0.1) is 10.2 Å². The Hall–Kier alpha value is -1.59. The lowest BCUT2D eigenvalue weighted by atomic mass is 10.1. The van der Waals surface area contributed by atoms with Gasteiger partial charge in [-0.25, -0.2) is 4.79 Å². The van der Waals surface area contributed by atoms with Crippen LogP contribution >= 0.6 is 0 Å². The second kappa shape index (κ2) is 4.51. The summed E-state index contributed by atoms with van der Waals surface area (Å²) in [6, 6.07) is -0.377. The minimum Gasteiger partial charge on any atom is -0.334 e. The van der Waals surface area contributed by atoms with Gasteiger partial charge in [-0.3, -0.25) is 0 Å². The SMILES string of the molecule is CC(NC(=O)NC(C)(C)C)c1nncn1C. The zero-order valence-electron chi connectivity index (χ0n) is 10.4. The molecule has 2 amide bonds. The molecule has 0 aliphatic carbocycles. The fourth-order valence-electron chi connectivity index (χ4n) is 1.32. The maximum absolute atomic E-state index is 11.6. The molecule has 1 aromatic heterocycles. The molecule has 1 aromatic rings. The summed E-state index contributed by atoms with van der Waals surface area (Å²) < 4.78 is 1.78. The van der Waals surface area contributed by atoms with E-state index < -0.39 is 0 Å². The number of carbonyl (C=O) groups is 1. The van der Waals surface area contributed by atoms with Gasteiger partial charge < -0.3 is 15.2 Å². The van der Waals surface area contributed by atoms with E-state index in [1.165, 1.54) is 0 Å². The molecule has 90 valence electrons. The Morgan fingerprint density at radius 2 is 2.12 bits per heavy atom. The van der Waals surface area contributed by atoms with E-state index in [4.69, 9.17) is 0 Å². The quantitative estimate of drug-likeness (QED) is 0.788. The van der Waals surface area contributed by atoms with Crippen molar-refractivity contribution in [2.24, 2.45) is 7.05 Å². The first-order valence-corrected chi connectivity index (χ1v) is 5.22. The molecular formula is C10H19N5O. The number of aromatic nitrogens is 3. The van der Waals surface area contributed by atoms with Gasteiger partial charge in [-0.2, -0.15) is 0 Å². The zero-order valence-corrected chi connectivity index (χ0v) is 10.4. The molecule has 0 saturated carbocycles. The zero-order chi connectivity index (χ0) is 12.3. The first-order valence-electron chi connectivity index (χ1n) is 5.22. The highest BCUT2D eigenvalue weighted by molar-refractivity contribution is 5.75. The third-order valence-corrected chi connectivity index (χ3v) is 1.97. The predicted molar refractivity (Wildman–Crippen MR) is 60.8 cm³/mol. The second-order valence-electron chi connectivity index (χ2n) is 4.87. The van der Waals surface area contributed by atoms with Gasteiger partial charge in [0.15, 0.2) is 5.82 Å². The molecule has 6 heteroatoms. The molecule has 0 bridgehead atoms. The fraction of sp³-hybridized carbons (Fsp3) is 0.700. The second-order valence-corrected chi connectivity index (χ2v) is 4.87. The van der Waals surface area contributed by atoms with E-state index in [1.807, 2.05) is 34.7 Å². The number of carbonyl (C=O) groups excluding carboxylic acids is 1. The number of nitrogens with one attached hydrogen (secondary N) is 2. The fourth-order valence-corrected chi connectivity index (χ4v) is 1.32. The number of urea groups is 1. The van der Waals surface area contributed by atoms with Crippen molar-refractivity contribution in [1.29, 1.82) is 0 Å². The van der Waals surface area contributed by atoms with Crippen molar-refractivity contribution in [3.05, 3.63) is 12.2 Å². The minimum absolute atomic E-state index is 0.171. The van der Waals surface area contributed by atoms with Crippen molar-refractivity contribution in [3.63, 3.8) is 0 Å². The van der Waals surface area contributed by atoms with Crippen molar-refractivity contribution in [2.45, 2.75) is 39.3 Å². The van der Waals surface area contributed by atoms with Crippen LogP contribution in [-0.2, 0) is 7.05 Å². The first-order chi connectivity index (χ1) is 7.29. The number of nitrogens with zero attached hydrogens (tertiary/aromatic N) is 3. The average Bonchev–Trinajstić information content (AvgIpc) is 2.47. The van der Waals surface area contributed by atoms with Crippen LogP contribution in [0.3, 0.4) is 0 Å². The monoisotopic (exact) mass is 225 g/mol. The van der Waals surface area contributed by atoms with Crippen LogP contribution in [0, 0.1) is 0 Å². The maximum atomic E-state index is 11.6. The highest BCUT2D eigenvalue weighted by atomic mass is 16.2. The molecule has 1 unspecified atom stereocenters. The molecule has 1 rings (SSSR count). The Bertz CT molecular complexity index is 366. The molecule has 6 nitrogen and oxygen atoms in total. The van der Waals surface area contributed by atoms with Crippen LogP contribution in [0.2, 0.25) is 0 Å². The van der Waals surface area contributed by atoms with E-state index >= 15 is 0 Å². The van der Waals surface area contributed by atoms with Crippen LogP contribution in [0.5, 0.6) is 0 Å². The van der Waals surface area contributed by atoms with E-state index in [1.54, 1.807) is 10.9 Å². The Morgan fingerprint density at radius 1 is 1.50 bits per heavy atom. The molecule has 0 saturated heterocycles. The van der Waals surface area contributed by atoms with E-state index in [0.29, 0.717) is 0 Å². The average molecular weight is 225 g/mol. The number of hydrogen-bond acceptors (Lipinski definition) is 3. The Labute approximate surface area is 95.4 Å². The summed E-state index contributed by atoms with van der Waals surface area (Å²) in [5.41, 5.74) is -0.246. The van der Waals surface area contributed by atoms with Crippen LogP contribution in [0.25, 0.3) is 0 Å². The maximum Gasteiger partial charge on any atom is 0.315 e. The van der Waals surface area contributed by atoms with E-state index in [0.717, 1.165) is 5.82 Å². The van der Waals surface area contributed by atoms with E-state index in [2.05, 4.69) is 20.8 Å². The normalized spacial score (nSPS) is 13.3. The lowest BCUT2D eigenvalue weighted by molar-refractivity contribution is 0.228. The topological polar surface area (TPSA) is 71.8 Å². The summed E-state index contributed by atoms with van der Waals surface area (Å²) in [6.45, 7) is 7.66. The number of hydrogen-bond donors (Lipinski definition) is 2. The smallest absolute Gasteiger partial charge is 0.315 e. The first kappa shape index (κ1) is 12.5. The van der Waals surface area contributed by atoms with Crippen molar-refractivity contribution >= 4 is 6.03 Å². The van der Waals surface area contributed by atoms with Crippen molar-refractivity contribution in [2.75, 3.05) is 0 Å². The van der Waals surface area contributed by atoms with Gasteiger partial charge >= 0.3 is 6.03 Å². The van der Waals surface area contributed by atoms with Gasteiger partial charge in [0.25, 0.3) is 0 Å². The molecule has 0 aliphatic rings. The molecule has 2 N–H and O–H groups in total. The van der Waals surface area contributed by atoms with Gasteiger partial charge in [0, 0.05) is 12.6 Å². The van der Waals surface area contributed by atoms with Crippen LogP contribution in [-0.4, -0.2) is 26.3 Å². The standard InChI is InChI=1S/C10H19N5O/c1-7(8-14-11-6-15(8)5)12-9(16)13-10(2,3)4/h6-7H,1-5H3,(H2,12,13,16). The lowest BCUT2D eigenvalue weighted by Crippen LogP contribution is -2.47. The molecule has 1 atom stereocenters. The van der Waals surface area contributed by atoms with Gasteiger partial charge in [0.05, 0.1) is 6.04 Å². The Morgan fingerprint density at radius 3 is 2.56 bits per heavy atom. The van der Waals surface area contributed by atoms with Gasteiger partial charge in [0.1, 0.15) is 6.33 Å². The molecule has 0 fully saturated rings. The summed E-state index contributed by atoms with van der Waals surface area (Å²) in [4.78, 5) is 11.6. The summed E-state index contributed by atoms with van der Waals surface area (Å²) in [5, 5.41) is 13.3. The van der Waals surface area contributed by atoms with Crippen LogP contribution in [0.15, 0.2) is 6.33 Å². The van der Waals surface area contributed by atoms with Gasteiger partial charge in [-0.05, 0) is 27.7 Å². The molecular weight excluding hydrogens is 206 g/mol. The summed E-state index contributed by atoms with van der Waals surface area (Å²) in [6.07, 6.45) is 1.61. The minimum atomic E-state index is -0.246. The predicted octanol–water partition coefficient (Wildman–Crippen LogP) is 0.974. The van der Waals surface area contributed by atoms with Crippen molar-refractivity contribution < 1.29 is 4.79 Å². The third kappa shape index (κ3) is 3.52. The van der Waals surface area contributed by atoms with Gasteiger partial charge in [-0.1, -0.05) is 0 Å². The van der Waals surface area contributed by atoms with Crippen LogP contribution in [0.1, 0.15) is 39.6 Å². The van der Waals surface area contributed by atoms with E-state index in [9.17, 15) is 4.79 Å². The number of aryl methyl sites for hydroxylation is 1. The van der Waals surface area contributed by atoms with Crippen molar-refractivity contribution in [3.8, 4) is 0 Å². The molecule has 0 aliphatic heterocycles. The molecule has 16 heavy (non-hydrogen) atoms. The third-order valence-electron chi connectivity index (χ3n) is 1.97. The van der Waals surface area contributed by atoms with Gasteiger partial charge in [0.2, 0.25) is 0 Å². The molecule has 1 heterocycles. The number of amides is 2. The summed E-state index contributed by atoms with van der Waals surface area (Å²) >= 11 is 0. The highest BCUT2D eigenvalue weighted by Gasteiger charge is 2.17.